The van der Waals surface area contributed by atoms with E-state index in [-0.39, 0.29) is 0 Å². The van der Waals surface area contributed by atoms with Crippen LogP contribution < -0.4 is 10.5 Å². The second-order valence-corrected chi connectivity index (χ2v) is 2.85. The summed E-state index contributed by atoms with van der Waals surface area (Å²) in [6, 6.07) is 7.22. The van der Waals surface area contributed by atoms with Gasteiger partial charge in [-0.25, -0.2) is 0 Å². The number of nitrogens with zero attached hydrogens (tertiary/aromatic N) is 1. The van der Waals surface area contributed by atoms with Crippen LogP contribution in [-0.2, 0) is 0 Å². The molecule has 0 fully saturated rings. The number of allylic oxidation sites excluding steroid dienone is 2. The monoisotopic (exact) mass is 232 g/mol. The molecule has 0 aliphatic carbocycles. The van der Waals surface area contributed by atoms with Gasteiger partial charge in [-0.2, -0.15) is 0 Å². The van der Waals surface area contributed by atoms with Crippen LogP contribution in [0.1, 0.15) is 13.8 Å². The van der Waals surface area contributed by atoms with Gasteiger partial charge < -0.3 is 10.5 Å². The van der Waals surface area contributed by atoms with E-state index in [1.54, 1.807) is 37.5 Å². The van der Waals surface area contributed by atoms with Crippen LogP contribution in [0.2, 0.25) is 0 Å². The average Bonchev–Trinajstić information content (AvgIpc) is 2.37. The van der Waals surface area contributed by atoms with Crippen molar-refractivity contribution >= 4 is 11.9 Å². The molecule has 92 valence electrons. The Balaban J connectivity index is 0.00000121. The Kier molecular flexibility index (Phi) is 8.11. The van der Waals surface area contributed by atoms with Crippen molar-refractivity contribution in [2.75, 3.05) is 12.8 Å². The SMILES string of the molecule is C=C/C(=C\C=NC)Oc1cccc(N)c1.CC. The summed E-state index contributed by atoms with van der Waals surface area (Å²) in [6.07, 6.45) is 4.99. The molecule has 0 spiro atoms. The van der Waals surface area contributed by atoms with Crippen LogP contribution in [0.5, 0.6) is 5.75 Å². The number of hydrogen-bond acceptors (Lipinski definition) is 3. The first-order valence-electron chi connectivity index (χ1n) is 5.54. The maximum atomic E-state index is 5.62. The Morgan fingerprint density at radius 2 is 2.12 bits per heavy atom. The second kappa shape index (κ2) is 9.21. The van der Waals surface area contributed by atoms with Crippen molar-refractivity contribution < 1.29 is 4.74 Å². The lowest BCUT2D eigenvalue weighted by atomic mass is 10.3. The molecular weight excluding hydrogens is 212 g/mol. The summed E-state index contributed by atoms with van der Waals surface area (Å²) in [6.45, 7) is 7.65. The number of rotatable bonds is 4. The summed E-state index contributed by atoms with van der Waals surface area (Å²) in [7, 11) is 1.69. The van der Waals surface area contributed by atoms with Crippen molar-refractivity contribution in [2.24, 2.45) is 4.99 Å². The third kappa shape index (κ3) is 6.20. The number of anilines is 1. The molecule has 0 radical (unpaired) electrons. The van der Waals surface area contributed by atoms with Gasteiger partial charge in [-0.15, -0.1) is 0 Å². The maximum absolute atomic E-state index is 5.62. The van der Waals surface area contributed by atoms with E-state index in [1.165, 1.54) is 0 Å². The number of nitrogen functional groups attached to an aromatic ring is 1. The van der Waals surface area contributed by atoms with Crippen molar-refractivity contribution in [3.8, 4) is 5.75 Å². The van der Waals surface area contributed by atoms with Crippen molar-refractivity contribution in [2.45, 2.75) is 13.8 Å². The van der Waals surface area contributed by atoms with Crippen LogP contribution in [0.3, 0.4) is 0 Å². The lowest BCUT2D eigenvalue weighted by Gasteiger charge is -2.05. The molecule has 0 heterocycles. The predicted molar refractivity (Wildman–Crippen MR) is 75.5 cm³/mol. The summed E-state index contributed by atoms with van der Waals surface area (Å²) < 4.78 is 5.52. The highest BCUT2D eigenvalue weighted by molar-refractivity contribution is 5.72. The zero-order valence-corrected chi connectivity index (χ0v) is 10.7. The maximum Gasteiger partial charge on any atom is 0.129 e. The van der Waals surface area contributed by atoms with E-state index in [9.17, 15) is 0 Å². The van der Waals surface area contributed by atoms with Crippen LogP contribution in [-0.4, -0.2) is 13.3 Å². The van der Waals surface area contributed by atoms with E-state index in [0.29, 0.717) is 17.2 Å². The number of nitrogens with two attached hydrogens (primary N) is 1. The molecule has 2 N–H and O–H groups in total. The van der Waals surface area contributed by atoms with E-state index in [0.717, 1.165) is 0 Å². The summed E-state index contributed by atoms with van der Waals surface area (Å²) in [5, 5.41) is 0. The molecule has 0 aliphatic rings. The number of ether oxygens (including phenoxy) is 1. The molecule has 0 saturated heterocycles. The fraction of sp³-hybridized carbons (Fsp3) is 0.214. The highest BCUT2D eigenvalue weighted by Crippen LogP contribution is 2.17. The summed E-state index contributed by atoms with van der Waals surface area (Å²) in [5.41, 5.74) is 6.29. The summed E-state index contributed by atoms with van der Waals surface area (Å²) >= 11 is 0. The van der Waals surface area contributed by atoms with Crippen molar-refractivity contribution in [1.82, 2.24) is 0 Å². The average molecular weight is 232 g/mol. The summed E-state index contributed by atoms with van der Waals surface area (Å²) in [4.78, 5) is 3.83. The molecule has 1 aromatic rings. The molecule has 0 unspecified atom stereocenters. The Labute approximate surface area is 103 Å². The van der Waals surface area contributed by atoms with Gasteiger partial charge in [0, 0.05) is 25.0 Å². The molecule has 3 heteroatoms. The van der Waals surface area contributed by atoms with Gasteiger partial charge in [0.05, 0.1) is 0 Å². The summed E-state index contributed by atoms with van der Waals surface area (Å²) in [5.74, 6) is 1.32. The largest absolute Gasteiger partial charge is 0.457 e. The number of aliphatic imine (C=N–C) groups is 1. The van der Waals surface area contributed by atoms with Crippen molar-refractivity contribution in [3.05, 3.63) is 48.8 Å². The topological polar surface area (TPSA) is 47.6 Å². The molecule has 0 aromatic heterocycles. The Bertz CT molecular complexity index is 395. The van der Waals surface area contributed by atoms with E-state index in [2.05, 4.69) is 11.6 Å². The van der Waals surface area contributed by atoms with Gasteiger partial charge in [0.15, 0.2) is 0 Å². The van der Waals surface area contributed by atoms with Crippen LogP contribution in [0, 0.1) is 0 Å². The minimum atomic E-state index is 0.631. The molecule has 0 amide bonds. The first kappa shape index (κ1) is 15.0. The molecule has 0 saturated carbocycles. The molecule has 17 heavy (non-hydrogen) atoms. The second-order valence-electron chi connectivity index (χ2n) is 2.85. The Morgan fingerprint density at radius 1 is 1.41 bits per heavy atom. The van der Waals surface area contributed by atoms with Crippen molar-refractivity contribution in [1.29, 1.82) is 0 Å². The van der Waals surface area contributed by atoms with Gasteiger partial charge in [0.2, 0.25) is 0 Å². The van der Waals surface area contributed by atoms with Crippen LogP contribution in [0.15, 0.2) is 53.7 Å². The van der Waals surface area contributed by atoms with Gasteiger partial charge in [0.1, 0.15) is 11.5 Å². The van der Waals surface area contributed by atoms with Gasteiger partial charge in [-0.3, -0.25) is 4.99 Å². The van der Waals surface area contributed by atoms with E-state index < -0.39 is 0 Å². The zero-order valence-electron chi connectivity index (χ0n) is 10.7. The molecule has 0 bridgehead atoms. The molecule has 1 aromatic carbocycles. The lowest BCUT2D eigenvalue weighted by Crippen LogP contribution is -1.93. The first-order chi connectivity index (χ1) is 8.26. The normalized spacial score (nSPS) is 10.6. The fourth-order valence-electron chi connectivity index (χ4n) is 1.01. The third-order valence-electron chi connectivity index (χ3n) is 1.68. The lowest BCUT2D eigenvalue weighted by molar-refractivity contribution is 0.446. The van der Waals surface area contributed by atoms with Crippen LogP contribution in [0.25, 0.3) is 0 Å². The predicted octanol–water partition coefficient (Wildman–Crippen LogP) is 3.44. The number of benzene rings is 1. The van der Waals surface area contributed by atoms with Crippen LogP contribution in [0.4, 0.5) is 5.69 Å². The van der Waals surface area contributed by atoms with Gasteiger partial charge >= 0.3 is 0 Å². The van der Waals surface area contributed by atoms with Gasteiger partial charge in [-0.05, 0) is 24.3 Å². The van der Waals surface area contributed by atoms with Crippen LogP contribution >= 0.6 is 0 Å². The van der Waals surface area contributed by atoms with Gasteiger partial charge in [0.25, 0.3) is 0 Å². The Hall–Kier alpha value is -2.03. The molecule has 0 atom stereocenters. The van der Waals surface area contributed by atoms with E-state index in [1.807, 2.05) is 26.0 Å². The first-order valence-corrected chi connectivity index (χ1v) is 5.54. The smallest absolute Gasteiger partial charge is 0.129 e. The highest BCUT2D eigenvalue weighted by atomic mass is 16.5. The molecular formula is C14H20N2O. The molecule has 3 nitrogen and oxygen atoms in total. The van der Waals surface area contributed by atoms with E-state index >= 15 is 0 Å². The fourth-order valence-corrected chi connectivity index (χ4v) is 1.01. The van der Waals surface area contributed by atoms with Crippen molar-refractivity contribution in [3.63, 3.8) is 0 Å². The third-order valence-corrected chi connectivity index (χ3v) is 1.68. The standard InChI is InChI=1S/C12H14N2O.C2H6/c1-3-11(7-8-14-2)15-12-6-4-5-10(13)9-12;1-2/h3-9H,1,13H2,2H3;1-2H3/b11-7+,14-8?;. The minimum absolute atomic E-state index is 0.631. The minimum Gasteiger partial charge on any atom is -0.457 e. The zero-order chi connectivity index (χ0) is 13.1. The Morgan fingerprint density at radius 3 is 2.65 bits per heavy atom. The number of hydrogen-bond donors (Lipinski definition) is 1. The van der Waals surface area contributed by atoms with Gasteiger partial charge in [-0.1, -0.05) is 26.5 Å². The highest BCUT2D eigenvalue weighted by Gasteiger charge is 1.96. The van der Waals surface area contributed by atoms with E-state index in [4.69, 9.17) is 10.5 Å². The molecule has 1 rings (SSSR count). The molecule has 0 aliphatic heterocycles. The quantitative estimate of drug-likeness (QED) is 0.374.